The van der Waals surface area contributed by atoms with E-state index in [4.69, 9.17) is 4.74 Å². The summed E-state index contributed by atoms with van der Waals surface area (Å²) in [6.45, 7) is 4.73. The number of hydrogen-bond donors (Lipinski definition) is 0. The average Bonchev–Trinajstić information content (AvgIpc) is 3.57. The Bertz CT molecular complexity index is 1490. The number of carbonyl (C=O) groups is 2. The molecule has 2 fully saturated rings. The molecule has 4 aromatic rings. The summed E-state index contributed by atoms with van der Waals surface area (Å²) in [5.41, 5.74) is 3.97. The number of rotatable bonds is 5. The molecule has 0 radical (unpaired) electrons. The minimum absolute atomic E-state index is 0.00617. The predicted octanol–water partition coefficient (Wildman–Crippen LogP) is 2.23. The van der Waals surface area contributed by atoms with Gasteiger partial charge in [-0.2, -0.15) is 4.68 Å². The van der Waals surface area contributed by atoms with E-state index < -0.39 is 0 Å². The maximum atomic E-state index is 13.3. The van der Waals surface area contributed by atoms with Gasteiger partial charge >= 0.3 is 0 Å². The Balaban J connectivity index is 1.14. The number of aromatic nitrogens is 5. The lowest BCUT2D eigenvalue weighted by Gasteiger charge is -2.36. The number of amides is 2. The van der Waals surface area contributed by atoms with E-state index in [9.17, 15) is 9.59 Å². The van der Waals surface area contributed by atoms with Gasteiger partial charge in [0.1, 0.15) is 12.1 Å². The largest absolute Gasteiger partial charge is 0.497 e. The number of methoxy groups -OCH3 is 1. The summed E-state index contributed by atoms with van der Waals surface area (Å²) in [6.07, 6.45) is 1.76. The van der Waals surface area contributed by atoms with Crippen LogP contribution < -0.4 is 14.5 Å². The fraction of sp³-hybridized carbons (Fsp3) is 0.333. The zero-order valence-corrected chi connectivity index (χ0v) is 21.3. The van der Waals surface area contributed by atoms with Gasteiger partial charge in [0, 0.05) is 50.9 Å². The number of aryl methyl sites for hydroxylation is 1. The minimum atomic E-state index is -0.330. The predicted molar refractivity (Wildman–Crippen MR) is 141 cm³/mol. The summed E-state index contributed by atoms with van der Waals surface area (Å²) in [5.74, 6) is 1.10. The maximum absolute atomic E-state index is 13.3. The standard InChI is InChI=1S/C27H28N8O3/c1-18-6-8-20(9-7-18)34-16-19(14-23(34)36)27(37)33-12-10-32(11-13-33)25-24-26(29-17-28-25)35(31-30-24)21-4-3-5-22(15-21)38-2/h3-9,15,17,19H,10-14,16H2,1-2H3. The van der Waals surface area contributed by atoms with Crippen LogP contribution in [0.25, 0.3) is 16.9 Å². The Labute approximate surface area is 219 Å². The number of carbonyl (C=O) groups excluding carboxylic acids is 2. The average molecular weight is 513 g/mol. The Morgan fingerprint density at radius 3 is 2.55 bits per heavy atom. The molecule has 194 valence electrons. The lowest BCUT2D eigenvalue weighted by atomic mass is 10.1. The number of anilines is 2. The molecule has 2 aromatic heterocycles. The topological polar surface area (TPSA) is 110 Å². The van der Waals surface area contributed by atoms with Crippen molar-refractivity contribution in [2.45, 2.75) is 13.3 Å². The molecule has 2 aliphatic rings. The third kappa shape index (κ3) is 4.29. The molecule has 2 aromatic carbocycles. The number of piperazine rings is 1. The number of ether oxygens (including phenoxy) is 1. The van der Waals surface area contributed by atoms with E-state index in [0.717, 1.165) is 16.9 Å². The van der Waals surface area contributed by atoms with Crippen LogP contribution in [0.3, 0.4) is 0 Å². The van der Waals surface area contributed by atoms with Crippen LogP contribution in [0.4, 0.5) is 11.5 Å². The van der Waals surface area contributed by atoms with Gasteiger partial charge in [0.05, 0.1) is 18.7 Å². The molecule has 6 rings (SSSR count). The molecule has 1 atom stereocenters. The van der Waals surface area contributed by atoms with Gasteiger partial charge in [-0.1, -0.05) is 29.0 Å². The highest BCUT2D eigenvalue weighted by Gasteiger charge is 2.38. The second kappa shape index (κ2) is 9.73. The molecular weight excluding hydrogens is 484 g/mol. The van der Waals surface area contributed by atoms with Gasteiger partial charge in [0.15, 0.2) is 17.0 Å². The van der Waals surface area contributed by atoms with Crippen LogP contribution in [0, 0.1) is 12.8 Å². The van der Waals surface area contributed by atoms with Crippen molar-refractivity contribution in [1.29, 1.82) is 0 Å². The van der Waals surface area contributed by atoms with E-state index >= 15 is 0 Å². The Kier molecular flexibility index (Phi) is 6.10. The summed E-state index contributed by atoms with van der Waals surface area (Å²) < 4.78 is 7.00. The van der Waals surface area contributed by atoms with Gasteiger partial charge in [-0.15, -0.1) is 5.10 Å². The van der Waals surface area contributed by atoms with Crippen LogP contribution >= 0.6 is 0 Å². The van der Waals surface area contributed by atoms with E-state index in [2.05, 4.69) is 25.2 Å². The Hall–Kier alpha value is -4.54. The first-order valence-electron chi connectivity index (χ1n) is 12.6. The number of nitrogens with zero attached hydrogens (tertiary/aromatic N) is 8. The van der Waals surface area contributed by atoms with Crippen LogP contribution in [0.1, 0.15) is 12.0 Å². The molecule has 11 heteroatoms. The fourth-order valence-electron chi connectivity index (χ4n) is 5.13. The van der Waals surface area contributed by atoms with Crippen LogP contribution in [-0.2, 0) is 9.59 Å². The van der Waals surface area contributed by atoms with Gasteiger partial charge in [0.25, 0.3) is 0 Å². The first kappa shape index (κ1) is 23.8. The SMILES string of the molecule is COc1cccc(-n2nnc3c(N4CCN(C(=O)C5CC(=O)N(c6ccc(C)cc6)C5)CC4)ncnc32)c1. The molecule has 11 nitrogen and oxygen atoms in total. The molecule has 0 bridgehead atoms. The first-order valence-corrected chi connectivity index (χ1v) is 12.6. The second-order valence-electron chi connectivity index (χ2n) is 9.63. The molecule has 2 saturated heterocycles. The van der Waals surface area contributed by atoms with Gasteiger partial charge < -0.3 is 19.4 Å². The zero-order chi connectivity index (χ0) is 26.2. The molecule has 0 spiro atoms. The Morgan fingerprint density at radius 1 is 1.00 bits per heavy atom. The fourth-order valence-corrected chi connectivity index (χ4v) is 5.13. The van der Waals surface area contributed by atoms with E-state index in [-0.39, 0.29) is 24.2 Å². The molecule has 1 unspecified atom stereocenters. The maximum Gasteiger partial charge on any atom is 0.228 e. The third-order valence-electron chi connectivity index (χ3n) is 7.23. The number of fused-ring (bicyclic) bond motifs is 1. The van der Waals surface area contributed by atoms with Gasteiger partial charge in [0.2, 0.25) is 11.8 Å². The van der Waals surface area contributed by atoms with E-state index in [1.807, 2.05) is 60.4 Å². The summed E-state index contributed by atoms with van der Waals surface area (Å²) in [4.78, 5) is 40.6. The summed E-state index contributed by atoms with van der Waals surface area (Å²) in [5, 5.41) is 8.69. The normalized spacial score (nSPS) is 17.9. The van der Waals surface area contributed by atoms with Crippen molar-refractivity contribution in [3.8, 4) is 11.4 Å². The van der Waals surface area contributed by atoms with Crippen molar-refractivity contribution in [3.05, 3.63) is 60.4 Å². The number of benzene rings is 2. The van der Waals surface area contributed by atoms with E-state index in [0.29, 0.717) is 55.5 Å². The summed E-state index contributed by atoms with van der Waals surface area (Å²) in [7, 11) is 1.62. The monoisotopic (exact) mass is 512 g/mol. The summed E-state index contributed by atoms with van der Waals surface area (Å²) >= 11 is 0. The van der Waals surface area contributed by atoms with Crippen molar-refractivity contribution in [3.63, 3.8) is 0 Å². The van der Waals surface area contributed by atoms with Gasteiger partial charge in [-0.25, -0.2) is 9.97 Å². The van der Waals surface area contributed by atoms with Crippen molar-refractivity contribution in [1.82, 2.24) is 29.9 Å². The molecule has 2 aliphatic heterocycles. The highest BCUT2D eigenvalue weighted by Crippen LogP contribution is 2.28. The lowest BCUT2D eigenvalue weighted by Crippen LogP contribution is -2.51. The molecular formula is C27H28N8O3. The van der Waals surface area contributed by atoms with Crippen LogP contribution in [0.15, 0.2) is 54.9 Å². The van der Waals surface area contributed by atoms with Crippen LogP contribution in [-0.4, -0.2) is 81.5 Å². The van der Waals surface area contributed by atoms with Crippen molar-refractivity contribution in [2.75, 3.05) is 49.6 Å². The Morgan fingerprint density at radius 2 is 1.79 bits per heavy atom. The molecule has 0 saturated carbocycles. The second-order valence-corrected chi connectivity index (χ2v) is 9.63. The van der Waals surface area contributed by atoms with Crippen LogP contribution in [0.5, 0.6) is 5.75 Å². The lowest BCUT2D eigenvalue weighted by molar-refractivity contribution is -0.136. The quantitative estimate of drug-likeness (QED) is 0.401. The van der Waals surface area contributed by atoms with Crippen molar-refractivity contribution < 1.29 is 14.3 Å². The van der Waals surface area contributed by atoms with E-state index in [1.54, 1.807) is 16.7 Å². The van der Waals surface area contributed by atoms with Crippen LogP contribution in [0.2, 0.25) is 0 Å². The number of hydrogen-bond acceptors (Lipinski definition) is 8. The highest BCUT2D eigenvalue weighted by molar-refractivity contribution is 6.00. The smallest absolute Gasteiger partial charge is 0.228 e. The highest BCUT2D eigenvalue weighted by atomic mass is 16.5. The van der Waals surface area contributed by atoms with E-state index in [1.165, 1.54) is 6.33 Å². The molecule has 0 aliphatic carbocycles. The molecule has 0 N–H and O–H groups in total. The van der Waals surface area contributed by atoms with Gasteiger partial charge in [-0.3, -0.25) is 9.59 Å². The summed E-state index contributed by atoms with van der Waals surface area (Å²) in [6, 6.07) is 15.4. The minimum Gasteiger partial charge on any atom is -0.497 e. The molecule has 38 heavy (non-hydrogen) atoms. The third-order valence-corrected chi connectivity index (χ3v) is 7.23. The van der Waals surface area contributed by atoms with Crippen molar-refractivity contribution >= 4 is 34.5 Å². The van der Waals surface area contributed by atoms with Crippen molar-refractivity contribution in [2.24, 2.45) is 5.92 Å². The van der Waals surface area contributed by atoms with Gasteiger partial charge in [-0.05, 0) is 31.2 Å². The zero-order valence-electron chi connectivity index (χ0n) is 21.3. The molecule has 2 amide bonds. The molecule has 4 heterocycles. The first-order chi connectivity index (χ1) is 18.5.